The molecule has 0 aromatic heterocycles. The molecule has 0 aliphatic rings. The van der Waals surface area contributed by atoms with E-state index < -0.39 is 6.09 Å². The highest BCUT2D eigenvalue weighted by Gasteiger charge is 2.08. The summed E-state index contributed by atoms with van der Waals surface area (Å²) in [6.45, 7) is 3.79. The first-order valence-corrected chi connectivity index (χ1v) is 5.63. The molecule has 0 unspecified atom stereocenters. The molecule has 0 saturated heterocycles. The molecule has 2 rings (SSSR count). The molecule has 0 saturated carbocycles. The van der Waals surface area contributed by atoms with Gasteiger partial charge in [-0.05, 0) is 25.3 Å². The lowest BCUT2D eigenvalue weighted by Crippen LogP contribution is -2.32. The van der Waals surface area contributed by atoms with Crippen LogP contribution in [0.4, 0.5) is 4.79 Å². The number of carbonyl (C=O) groups excluding carboxylic acids is 1. The van der Waals surface area contributed by atoms with Crippen molar-refractivity contribution in [2.75, 3.05) is 0 Å². The molecule has 1 amide bonds. The van der Waals surface area contributed by atoms with Crippen LogP contribution in [-0.2, 0) is 0 Å². The van der Waals surface area contributed by atoms with Crippen molar-refractivity contribution in [3.05, 3.63) is 42.5 Å². The van der Waals surface area contributed by atoms with Crippen LogP contribution in [0.5, 0.6) is 5.75 Å². The summed E-state index contributed by atoms with van der Waals surface area (Å²) < 4.78 is 5.29. The van der Waals surface area contributed by atoms with E-state index in [-0.39, 0.29) is 6.04 Å². The summed E-state index contributed by atoms with van der Waals surface area (Å²) in [5.74, 6) is 0.584. The lowest BCUT2D eigenvalue weighted by atomic mass is 10.1. The van der Waals surface area contributed by atoms with Crippen molar-refractivity contribution < 1.29 is 9.53 Å². The van der Waals surface area contributed by atoms with Crippen LogP contribution in [0.1, 0.15) is 13.8 Å². The van der Waals surface area contributed by atoms with Crippen LogP contribution in [-0.4, -0.2) is 12.1 Å². The van der Waals surface area contributed by atoms with E-state index in [9.17, 15) is 4.79 Å². The predicted octanol–water partition coefficient (Wildman–Crippen LogP) is 3.34. The third-order valence-corrected chi connectivity index (χ3v) is 2.36. The minimum absolute atomic E-state index is 0.0671. The fraction of sp³-hybridized carbons (Fsp3) is 0.214. The Hall–Kier alpha value is -2.03. The molecule has 0 atom stereocenters. The molecule has 0 radical (unpaired) electrons. The highest BCUT2D eigenvalue weighted by atomic mass is 16.6. The summed E-state index contributed by atoms with van der Waals surface area (Å²) in [6, 6.07) is 13.5. The molecule has 0 aliphatic heterocycles. The van der Waals surface area contributed by atoms with Gasteiger partial charge in [-0.3, -0.25) is 0 Å². The van der Waals surface area contributed by atoms with Crippen molar-refractivity contribution in [2.24, 2.45) is 0 Å². The average Bonchev–Trinajstić information content (AvgIpc) is 2.28. The van der Waals surface area contributed by atoms with Crippen LogP contribution in [0.3, 0.4) is 0 Å². The number of hydrogen-bond donors (Lipinski definition) is 1. The topological polar surface area (TPSA) is 38.3 Å². The number of amides is 1. The first-order chi connectivity index (χ1) is 8.16. The lowest BCUT2D eigenvalue weighted by Gasteiger charge is -2.10. The molecule has 0 aliphatic carbocycles. The zero-order valence-corrected chi connectivity index (χ0v) is 9.94. The first kappa shape index (κ1) is 11.5. The van der Waals surface area contributed by atoms with Crippen molar-refractivity contribution >= 4 is 16.9 Å². The number of fused-ring (bicyclic) bond motifs is 1. The Morgan fingerprint density at radius 3 is 2.59 bits per heavy atom. The van der Waals surface area contributed by atoms with E-state index >= 15 is 0 Å². The SMILES string of the molecule is CC(C)NC(=O)Oc1cccc2ccccc12. The second kappa shape index (κ2) is 4.87. The van der Waals surface area contributed by atoms with Gasteiger partial charge in [0.1, 0.15) is 5.75 Å². The predicted molar refractivity (Wildman–Crippen MR) is 68.2 cm³/mol. The van der Waals surface area contributed by atoms with E-state index in [1.165, 1.54) is 0 Å². The van der Waals surface area contributed by atoms with Crippen molar-refractivity contribution in [3.8, 4) is 5.75 Å². The largest absolute Gasteiger partial charge is 0.412 e. The molecule has 3 heteroatoms. The van der Waals surface area contributed by atoms with E-state index in [4.69, 9.17) is 4.74 Å². The Morgan fingerprint density at radius 1 is 1.12 bits per heavy atom. The smallest absolute Gasteiger partial charge is 0.410 e. The fourth-order valence-electron chi connectivity index (χ4n) is 1.65. The van der Waals surface area contributed by atoms with Gasteiger partial charge in [0.2, 0.25) is 0 Å². The molecule has 1 N–H and O–H groups in total. The Morgan fingerprint density at radius 2 is 1.82 bits per heavy atom. The Labute approximate surface area is 100 Å². The van der Waals surface area contributed by atoms with Crippen LogP contribution in [0, 0.1) is 0 Å². The molecule has 2 aromatic carbocycles. The fourth-order valence-corrected chi connectivity index (χ4v) is 1.65. The van der Waals surface area contributed by atoms with Gasteiger partial charge in [-0.2, -0.15) is 0 Å². The second-order valence-electron chi connectivity index (χ2n) is 4.17. The van der Waals surface area contributed by atoms with Crippen LogP contribution < -0.4 is 10.1 Å². The van der Waals surface area contributed by atoms with Gasteiger partial charge in [-0.1, -0.05) is 36.4 Å². The van der Waals surface area contributed by atoms with E-state index in [0.717, 1.165) is 10.8 Å². The van der Waals surface area contributed by atoms with E-state index in [2.05, 4.69) is 5.32 Å². The maximum atomic E-state index is 11.5. The highest BCUT2D eigenvalue weighted by Crippen LogP contribution is 2.25. The maximum Gasteiger partial charge on any atom is 0.412 e. The van der Waals surface area contributed by atoms with E-state index in [0.29, 0.717) is 5.75 Å². The standard InChI is InChI=1S/C14H15NO2/c1-10(2)15-14(16)17-13-9-5-7-11-6-3-4-8-12(11)13/h3-10H,1-2H3,(H,15,16). The summed E-state index contributed by atoms with van der Waals surface area (Å²) in [4.78, 5) is 11.5. The molecule has 17 heavy (non-hydrogen) atoms. The zero-order valence-electron chi connectivity index (χ0n) is 9.94. The Bertz CT molecular complexity index is 529. The highest BCUT2D eigenvalue weighted by molar-refractivity contribution is 5.90. The summed E-state index contributed by atoms with van der Waals surface area (Å²) >= 11 is 0. The molecular formula is C14H15NO2. The molecule has 0 spiro atoms. The van der Waals surface area contributed by atoms with Crippen LogP contribution >= 0.6 is 0 Å². The Balaban J connectivity index is 2.27. The quantitative estimate of drug-likeness (QED) is 0.857. The lowest BCUT2D eigenvalue weighted by molar-refractivity contribution is 0.198. The second-order valence-corrected chi connectivity index (χ2v) is 4.17. The minimum Gasteiger partial charge on any atom is -0.410 e. The third kappa shape index (κ3) is 2.75. The monoisotopic (exact) mass is 229 g/mol. The van der Waals surface area contributed by atoms with Crippen molar-refractivity contribution in [3.63, 3.8) is 0 Å². The normalized spacial score (nSPS) is 10.5. The third-order valence-electron chi connectivity index (χ3n) is 2.36. The average molecular weight is 229 g/mol. The zero-order chi connectivity index (χ0) is 12.3. The summed E-state index contributed by atoms with van der Waals surface area (Å²) in [5, 5.41) is 4.69. The van der Waals surface area contributed by atoms with Crippen molar-refractivity contribution in [1.82, 2.24) is 5.32 Å². The minimum atomic E-state index is -0.420. The number of nitrogens with one attached hydrogen (secondary N) is 1. The molecular weight excluding hydrogens is 214 g/mol. The molecule has 3 nitrogen and oxygen atoms in total. The number of rotatable bonds is 2. The van der Waals surface area contributed by atoms with E-state index in [1.54, 1.807) is 6.07 Å². The molecule has 0 heterocycles. The molecule has 88 valence electrons. The number of ether oxygens (including phenoxy) is 1. The summed E-state index contributed by atoms with van der Waals surface area (Å²) in [6.07, 6.45) is -0.420. The number of hydrogen-bond acceptors (Lipinski definition) is 2. The van der Waals surface area contributed by atoms with Gasteiger partial charge < -0.3 is 10.1 Å². The van der Waals surface area contributed by atoms with Gasteiger partial charge in [0.25, 0.3) is 0 Å². The summed E-state index contributed by atoms with van der Waals surface area (Å²) in [5.41, 5.74) is 0. The van der Waals surface area contributed by atoms with E-state index in [1.807, 2.05) is 50.2 Å². The van der Waals surface area contributed by atoms with Gasteiger partial charge >= 0.3 is 6.09 Å². The summed E-state index contributed by atoms with van der Waals surface area (Å²) in [7, 11) is 0. The van der Waals surface area contributed by atoms with Crippen molar-refractivity contribution in [1.29, 1.82) is 0 Å². The number of carbonyl (C=O) groups is 1. The van der Waals surface area contributed by atoms with Gasteiger partial charge in [0.15, 0.2) is 0 Å². The molecule has 2 aromatic rings. The first-order valence-electron chi connectivity index (χ1n) is 5.63. The van der Waals surface area contributed by atoms with Gasteiger partial charge in [-0.25, -0.2) is 4.79 Å². The number of benzene rings is 2. The van der Waals surface area contributed by atoms with Crippen LogP contribution in [0.15, 0.2) is 42.5 Å². The molecule has 0 fully saturated rings. The van der Waals surface area contributed by atoms with Crippen molar-refractivity contribution in [2.45, 2.75) is 19.9 Å². The molecule has 0 bridgehead atoms. The van der Waals surface area contributed by atoms with Crippen LogP contribution in [0.25, 0.3) is 10.8 Å². The van der Waals surface area contributed by atoms with Gasteiger partial charge in [0.05, 0.1) is 0 Å². The Kier molecular flexibility index (Phi) is 3.28. The van der Waals surface area contributed by atoms with Crippen LogP contribution in [0.2, 0.25) is 0 Å². The van der Waals surface area contributed by atoms with Gasteiger partial charge in [-0.15, -0.1) is 0 Å². The van der Waals surface area contributed by atoms with Gasteiger partial charge in [0, 0.05) is 11.4 Å². The maximum absolute atomic E-state index is 11.5.